The first-order chi connectivity index (χ1) is 13.9. The van der Waals surface area contributed by atoms with Crippen molar-refractivity contribution in [1.82, 2.24) is 0 Å². The van der Waals surface area contributed by atoms with Gasteiger partial charge in [-0.15, -0.1) is 0 Å². The third-order valence-corrected chi connectivity index (χ3v) is 6.75. The molecule has 0 radical (unpaired) electrons. The molecule has 0 heteroatoms. The molecule has 0 spiro atoms. The van der Waals surface area contributed by atoms with Gasteiger partial charge >= 0.3 is 0 Å². The Hall–Kier alpha value is -2.34. The van der Waals surface area contributed by atoms with E-state index in [1.807, 2.05) is 0 Å². The van der Waals surface area contributed by atoms with Gasteiger partial charge in [0.2, 0.25) is 0 Å². The summed E-state index contributed by atoms with van der Waals surface area (Å²) in [6, 6.07) is 21.3. The molecule has 0 N–H and O–H groups in total. The van der Waals surface area contributed by atoms with E-state index in [9.17, 15) is 0 Å². The number of rotatable bonds is 6. The van der Waals surface area contributed by atoms with E-state index < -0.39 is 0 Å². The number of benzene rings is 3. The van der Waals surface area contributed by atoms with Gasteiger partial charge in [-0.3, -0.25) is 0 Å². The van der Waals surface area contributed by atoms with Crippen molar-refractivity contribution in [3.8, 4) is 11.1 Å². The highest BCUT2D eigenvalue weighted by molar-refractivity contribution is 5.83. The fourth-order valence-corrected chi connectivity index (χ4v) is 5.12. The standard InChI is InChI=1S/C29H34/c1-6-7-8-9-10-23-15-22(4)16-24(19-23)29(5)27-17-20(2)11-13-25(27)26-14-12-21(3)18-28(26)29/h11-19H,6-10H2,1-5H3. The molecule has 1 aliphatic rings. The summed E-state index contributed by atoms with van der Waals surface area (Å²) in [5.41, 5.74) is 12.6. The highest BCUT2D eigenvalue weighted by Gasteiger charge is 2.41. The van der Waals surface area contributed by atoms with Gasteiger partial charge in [0.15, 0.2) is 0 Å². The van der Waals surface area contributed by atoms with Crippen molar-refractivity contribution >= 4 is 0 Å². The topological polar surface area (TPSA) is 0 Å². The van der Waals surface area contributed by atoms with Crippen molar-refractivity contribution in [3.05, 3.63) is 93.5 Å². The smallest absolute Gasteiger partial charge is 0.0435 e. The largest absolute Gasteiger partial charge is 0.0654 e. The van der Waals surface area contributed by atoms with Crippen LogP contribution in [0.2, 0.25) is 0 Å². The Kier molecular flexibility index (Phi) is 5.38. The van der Waals surface area contributed by atoms with Gasteiger partial charge in [0, 0.05) is 5.41 Å². The SMILES string of the molecule is CCCCCCc1cc(C)cc(C2(C)c3cc(C)ccc3-c3ccc(C)cc32)c1. The van der Waals surface area contributed by atoms with Crippen LogP contribution in [0.3, 0.4) is 0 Å². The highest BCUT2D eigenvalue weighted by atomic mass is 14.4. The summed E-state index contributed by atoms with van der Waals surface area (Å²) in [5.74, 6) is 0. The lowest BCUT2D eigenvalue weighted by Gasteiger charge is -2.30. The van der Waals surface area contributed by atoms with Crippen LogP contribution in [0.1, 0.15) is 78.5 Å². The van der Waals surface area contributed by atoms with E-state index in [0.717, 1.165) is 0 Å². The first kappa shape index (κ1) is 20.0. The Morgan fingerprint density at radius 1 is 0.655 bits per heavy atom. The van der Waals surface area contributed by atoms with Crippen LogP contribution >= 0.6 is 0 Å². The second-order valence-corrected chi connectivity index (χ2v) is 9.24. The molecular formula is C29H34. The maximum Gasteiger partial charge on any atom is 0.0435 e. The average molecular weight is 383 g/mol. The minimum atomic E-state index is -0.0904. The summed E-state index contributed by atoms with van der Waals surface area (Å²) in [6.07, 6.45) is 6.45. The molecule has 0 atom stereocenters. The van der Waals surface area contributed by atoms with Crippen LogP contribution in [0.4, 0.5) is 0 Å². The van der Waals surface area contributed by atoms with Crippen molar-refractivity contribution in [2.24, 2.45) is 0 Å². The maximum absolute atomic E-state index is 2.49. The lowest BCUT2D eigenvalue weighted by Crippen LogP contribution is -2.23. The lowest BCUT2D eigenvalue weighted by molar-refractivity contribution is 0.663. The normalized spacial score (nSPS) is 14.0. The molecule has 0 amide bonds. The molecule has 0 unspecified atom stereocenters. The van der Waals surface area contributed by atoms with E-state index in [2.05, 4.69) is 89.2 Å². The van der Waals surface area contributed by atoms with Gasteiger partial charge in [-0.1, -0.05) is 97.5 Å². The van der Waals surface area contributed by atoms with Crippen LogP contribution in [0.15, 0.2) is 54.6 Å². The van der Waals surface area contributed by atoms with Crippen LogP contribution in [-0.4, -0.2) is 0 Å². The fourth-order valence-electron chi connectivity index (χ4n) is 5.12. The summed E-state index contributed by atoms with van der Waals surface area (Å²) in [4.78, 5) is 0. The highest BCUT2D eigenvalue weighted by Crippen LogP contribution is 2.53. The molecule has 0 bridgehead atoms. The third-order valence-electron chi connectivity index (χ3n) is 6.75. The van der Waals surface area contributed by atoms with E-state index in [4.69, 9.17) is 0 Å². The van der Waals surface area contributed by atoms with Crippen LogP contribution in [-0.2, 0) is 11.8 Å². The van der Waals surface area contributed by atoms with Gasteiger partial charge in [0.25, 0.3) is 0 Å². The number of aryl methyl sites for hydroxylation is 4. The van der Waals surface area contributed by atoms with Gasteiger partial charge < -0.3 is 0 Å². The summed E-state index contributed by atoms with van der Waals surface area (Å²) in [7, 11) is 0. The van der Waals surface area contributed by atoms with Crippen molar-refractivity contribution < 1.29 is 0 Å². The zero-order valence-electron chi connectivity index (χ0n) is 18.7. The Morgan fingerprint density at radius 2 is 1.28 bits per heavy atom. The van der Waals surface area contributed by atoms with Crippen LogP contribution in [0, 0.1) is 20.8 Å². The van der Waals surface area contributed by atoms with Crippen molar-refractivity contribution in [3.63, 3.8) is 0 Å². The van der Waals surface area contributed by atoms with E-state index in [-0.39, 0.29) is 5.41 Å². The maximum atomic E-state index is 2.49. The fraction of sp³-hybridized carbons (Fsp3) is 0.379. The van der Waals surface area contributed by atoms with Crippen molar-refractivity contribution in [2.75, 3.05) is 0 Å². The summed E-state index contributed by atoms with van der Waals surface area (Å²) in [6.45, 7) is 11.4. The average Bonchev–Trinajstić information content (AvgIpc) is 2.94. The molecule has 0 saturated heterocycles. The van der Waals surface area contributed by atoms with Gasteiger partial charge in [-0.2, -0.15) is 0 Å². The quantitative estimate of drug-likeness (QED) is 0.378. The second-order valence-electron chi connectivity index (χ2n) is 9.24. The molecule has 0 aliphatic heterocycles. The molecule has 0 aromatic heterocycles. The molecule has 1 aliphatic carbocycles. The zero-order chi connectivity index (χ0) is 20.6. The Bertz CT molecular complexity index is 986. The summed E-state index contributed by atoms with van der Waals surface area (Å²) < 4.78 is 0. The third kappa shape index (κ3) is 3.54. The molecule has 0 fully saturated rings. The predicted molar refractivity (Wildman–Crippen MR) is 126 cm³/mol. The van der Waals surface area contributed by atoms with Gasteiger partial charge in [-0.25, -0.2) is 0 Å². The monoisotopic (exact) mass is 382 g/mol. The van der Waals surface area contributed by atoms with Crippen LogP contribution in [0.25, 0.3) is 11.1 Å². The number of hydrogen-bond donors (Lipinski definition) is 0. The molecule has 4 rings (SSSR count). The van der Waals surface area contributed by atoms with Crippen LogP contribution in [0.5, 0.6) is 0 Å². The zero-order valence-corrected chi connectivity index (χ0v) is 18.7. The number of hydrogen-bond acceptors (Lipinski definition) is 0. The molecule has 3 aromatic rings. The lowest BCUT2D eigenvalue weighted by atomic mass is 9.73. The Morgan fingerprint density at radius 3 is 1.86 bits per heavy atom. The predicted octanol–water partition coefficient (Wildman–Crippen LogP) is 8.07. The van der Waals surface area contributed by atoms with Crippen molar-refractivity contribution in [1.29, 1.82) is 0 Å². The second kappa shape index (κ2) is 7.82. The molecule has 0 saturated carbocycles. The van der Waals surface area contributed by atoms with E-state index >= 15 is 0 Å². The van der Waals surface area contributed by atoms with E-state index in [1.165, 1.54) is 82.2 Å². The molecular weight excluding hydrogens is 348 g/mol. The first-order valence-corrected chi connectivity index (χ1v) is 11.3. The van der Waals surface area contributed by atoms with E-state index in [0.29, 0.717) is 0 Å². The summed E-state index contributed by atoms with van der Waals surface area (Å²) in [5, 5.41) is 0. The molecule has 3 aromatic carbocycles. The van der Waals surface area contributed by atoms with Gasteiger partial charge in [0.1, 0.15) is 0 Å². The van der Waals surface area contributed by atoms with Gasteiger partial charge in [0.05, 0.1) is 0 Å². The first-order valence-electron chi connectivity index (χ1n) is 11.3. The molecule has 0 nitrogen and oxygen atoms in total. The minimum Gasteiger partial charge on any atom is -0.0654 e. The van der Waals surface area contributed by atoms with Gasteiger partial charge in [-0.05, 0) is 73.9 Å². The molecule has 150 valence electrons. The molecule has 29 heavy (non-hydrogen) atoms. The minimum absolute atomic E-state index is 0.0904. The Balaban J connectivity index is 1.85. The Labute approximate surface area is 177 Å². The molecule has 0 heterocycles. The van der Waals surface area contributed by atoms with Crippen molar-refractivity contribution in [2.45, 2.75) is 72.1 Å². The summed E-state index contributed by atoms with van der Waals surface area (Å²) >= 11 is 0. The number of unbranched alkanes of at least 4 members (excludes halogenated alkanes) is 3. The number of fused-ring (bicyclic) bond motifs is 3. The van der Waals surface area contributed by atoms with E-state index in [1.54, 1.807) is 0 Å². The van der Waals surface area contributed by atoms with Crippen LogP contribution < -0.4 is 0 Å².